The molecule has 0 bridgehead atoms. The number of rotatable bonds is 2. The molecule has 17 heavy (non-hydrogen) atoms. The number of alkyl halides is 3. The van der Waals surface area contributed by atoms with Crippen LogP contribution in [0.15, 0.2) is 17.3 Å². The fourth-order valence-corrected chi connectivity index (χ4v) is 3.15. The van der Waals surface area contributed by atoms with Crippen molar-refractivity contribution in [3.05, 3.63) is 12.4 Å². The Morgan fingerprint density at radius 1 is 1.47 bits per heavy atom. The van der Waals surface area contributed by atoms with Crippen LogP contribution in [0, 0.1) is 5.92 Å². The molecular formula is C8H10F3N3O2S. The van der Waals surface area contributed by atoms with Gasteiger partial charge in [-0.3, -0.25) is 5.10 Å². The highest BCUT2D eigenvalue weighted by Gasteiger charge is 2.46. The highest BCUT2D eigenvalue weighted by atomic mass is 32.2. The molecule has 1 atom stereocenters. The van der Waals surface area contributed by atoms with Crippen molar-refractivity contribution in [2.24, 2.45) is 5.92 Å². The van der Waals surface area contributed by atoms with Crippen LogP contribution in [0.4, 0.5) is 13.2 Å². The monoisotopic (exact) mass is 269 g/mol. The van der Waals surface area contributed by atoms with Crippen molar-refractivity contribution in [3.63, 3.8) is 0 Å². The van der Waals surface area contributed by atoms with Crippen LogP contribution in [-0.2, 0) is 10.0 Å². The molecule has 1 aromatic heterocycles. The third-order valence-electron chi connectivity index (χ3n) is 2.72. The molecule has 1 aromatic rings. The molecule has 0 spiro atoms. The van der Waals surface area contributed by atoms with Crippen LogP contribution in [-0.4, -0.2) is 42.2 Å². The lowest BCUT2D eigenvalue weighted by atomic mass is 10.1. The van der Waals surface area contributed by atoms with E-state index in [1.165, 1.54) is 0 Å². The Kier molecular flexibility index (Phi) is 2.90. The van der Waals surface area contributed by atoms with E-state index < -0.39 is 28.7 Å². The van der Waals surface area contributed by atoms with Gasteiger partial charge in [-0.05, 0) is 6.42 Å². The second-order valence-corrected chi connectivity index (χ2v) is 5.76. The molecule has 0 radical (unpaired) electrons. The van der Waals surface area contributed by atoms with E-state index in [0.717, 1.165) is 16.7 Å². The fourth-order valence-electron chi connectivity index (χ4n) is 1.74. The summed E-state index contributed by atoms with van der Waals surface area (Å²) in [4.78, 5) is -0.111. The smallest absolute Gasteiger partial charge is 0.284 e. The van der Waals surface area contributed by atoms with Crippen LogP contribution >= 0.6 is 0 Å². The summed E-state index contributed by atoms with van der Waals surface area (Å²) in [5.74, 6) is -1.58. The Bertz CT molecular complexity index is 483. The largest absolute Gasteiger partial charge is 0.393 e. The summed E-state index contributed by atoms with van der Waals surface area (Å²) >= 11 is 0. The van der Waals surface area contributed by atoms with Gasteiger partial charge >= 0.3 is 6.18 Å². The lowest BCUT2D eigenvalue weighted by Gasteiger charge is -2.16. The van der Waals surface area contributed by atoms with Gasteiger partial charge in [0.2, 0.25) is 10.0 Å². The Hall–Kier alpha value is -1.09. The van der Waals surface area contributed by atoms with E-state index >= 15 is 0 Å². The second-order valence-electron chi connectivity index (χ2n) is 3.82. The van der Waals surface area contributed by atoms with Gasteiger partial charge in [-0.2, -0.15) is 22.6 Å². The van der Waals surface area contributed by atoms with Crippen molar-refractivity contribution in [2.45, 2.75) is 17.5 Å². The maximum absolute atomic E-state index is 12.4. The summed E-state index contributed by atoms with van der Waals surface area (Å²) in [7, 11) is -3.85. The van der Waals surface area contributed by atoms with E-state index in [9.17, 15) is 21.6 Å². The van der Waals surface area contributed by atoms with Gasteiger partial charge in [-0.1, -0.05) is 0 Å². The van der Waals surface area contributed by atoms with Crippen molar-refractivity contribution in [2.75, 3.05) is 13.1 Å². The zero-order valence-electron chi connectivity index (χ0n) is 8.61. The van der Waals surface area contributed by atoms with Gasteiger partial charge in [0.15, 0.2) is 0 Å². The van der Waals surface area contributed by atoms with Crippen LogP contribution < -0.4 is 0 Å². The SMILES string of the molecule is O=S(=O)(c1cn[nH]c1)N1CCC(C(F)(F)F)C1. The summed E-state index contributed by atoms with van der Waals surface area (Å²) in [6.07, 6.45) is -2.31. The fraction of sp³-hybridized carbons (Fsp3) is 0.625. The predicted octanol–water partition coefficient (Wildman–Crippen LogP) is 0.983. The van der Waals surface area contributed by atoms with Crippen LogP contribution in [0.25, 0.3) is 0 Å². The normalized spacial score (nSPS) is 23.1. The minimum absolute atomic E-state index is 0.111. The first-order chi connectivity index (χ1) is 7.82. The third-order valence-corrected chi connectivity index (χ3v) is 4.56. The van der Waals surface area contributed by atoms with Crippen molar-refractivity contribution in [1.29, 1.82) is 0 Å². The maximum atomic E-state index is 12.4. The van der Waals surface area contributed by atoms with Crippen molar-refractivity contribution < 1.29 is 21.6 Å². The van der Waals surface area contributed by atoms with Crippen LogP contribution in [0.3, 0.4) is 0 Å². The molecule has 1 N–H and O–H groups in total. The van der Waals surface area contributed by atoms with Crippen molar-refractivity contribution in [1.82, 2.24) is 14.5 Å². The number of nitrogens with one attached hydrogen (secondary N) is 1. The molecule has 5 nitrogen and oxygen atoms in total. The average molecular weight is 269 g/mol. The first kappa shape index (κ1) is 12.4. The summed E-state index contributed by atoms with van der Waals surface area (Å²) in [5.41, 5.74) is 0. The van der Waals surface area contributed by atoms with Gasteiger partial charge in [0.1, 0.15) is 4.90 Å². The minimum atomic E-state index is -4.35. The maximum Gasteiger partial charge on any atom is 0.393 e. The molecule has 0 amide bonds. The molecule has 96 valence electrons. The molecule has 1 saturated heterocycles. The van der Waals surface area contributed by atoms with Crippen LogP contribution in [0.1, 0.15) is 6.42 Å². The highest BCUT2D eigenvalue weighted by Crippen LogP contribution is 2.35. The molecule has 1 aliphatic rings. The van der Waals surface area contributed by atoms with Gasteiger partial charge in [0.25, 0.3) is 0 Å². The molecule has 1 fully saturated rings. The zero-order valence-corrected chi connectivity index (χ0v) is 9.42. The quantitative estimate of drug-likeness (QED) is 0.870. The van der Waals surface area contributed by atoms with Gasteiger partial charge in [-0.25, -0.2) is 8.42 Å². The van der Waals surface area contributed by atoms with Crippen molar-refractivity contribution >= 4 is 10.0 Å². The topological polar surface area (TPSA) is 66.1 Å². The van der Waals surface area contributed by atoms with E-state index in [-0.39, 0.29) is 17.9 Å². The number of aromatic amines is 1. The standard InChI is InChI=1S/C8H10F3N3O2S/c9-8(10,11)6-1-2-14(5-6)17(15,16)7-3-12-13-4-7/h3-4,6H,1-2,5H2,(H,12,13). The number of H-pyrrole nitrogens is 1. The number of aromatic nitrogens is 2. The number of hydrogen-bond donors (Lipinski definition) is 1. The average Bonchev–Trinajstić information content (AvgIpc) is 2.89. The Balaban J connectivity index is 2.17. The van der Waals surface area contributed by atoms with Gasteiger partial charge in [-0.15, -0.1) is 0 Å². The zero-order chi connectivity index (χ0) is 12.7. The lowest BCUT2D eigenvalue weighted by Crippen LogP contribution is -2.31. The number of nitrogens with zero attached hydrogens (tertiary/aromatic N) is 2. The van der Waals surface area contributed by atoms with Gasteiger partial charge < -0.3 is 0 Å². The molecule has 1 unspecified atom stereocenters. The Morgan fingerprint density at radius 2 is 2.18 bits per heavy atom. The van der Waals surface area contributed by atoms with Gasteiger partial charge in [0, 0.05) is 19.3 Å². The molecule has 0 aromatic carbocycles. The molecule has 0 saturated carbocycles. The predicted molar refractivity (Wildman–Crippen MR) is 51.5 cm³/mol. The summed E-state index contributed by atoms with van der Waals surface area (Å²) in [5, 5.41) is 5.80. The third kappa shape index (κ3) is 2.29. The molecule has 0 aliphatic carbocycles. The van der Waals surface area contributed by atoms with E-state index in [1.54, 1.807) is 0 Å². The van der Waals surface area contributed by atoms with E-state index in [2.05, 4.69) is 10.2 Å². The second kappa shape index (κ2) is 3.98. The van der Waals surface area contributed by atoms with E-state index in [1.807, 2.05) is 0 Å². The summed E-state index contributed by atoms with van der Waals surface area (Å²) in [6.45, 7) is -0.630. The molecule has 1 aliphatic heterocycles. The van der Waals surface area contributed by atoms with Crippen LogP contribution in [0.2, 0.25) is 0 Å². The number of sulfonamides is 1. The number of hydrogen-bond acceptors (Lipinski definition) is 3. The molecular weight excluding hydrogens is 259 g/mol. The molecule has 2 heterocycles. The van der Waals surface area contributed by atoms with E-state index in [4.69, 9.17) is 0 Å². The molecule has 2 rings (SSSR count). The Labute approximate surface area is 95.7 Å². The first-order valence-electron chi connectivity index (χ1n) is 4.87. The molecule has 9 heteroatoms. The summed E-state index contributed by atoms with van der Waals surface area (Å²) < 4.78 is 61.9. The Morgan fingerprint density at radius 3 is 2.65 bits per heavy atom. The van der Waals surface area contributed by atoms with Gasteiger partial charge in [0.05, 0.1) is 12.1 Å². The lowest BCUT2D eigenvalue weighted by molar-refractivity contribution is -0.169. The minimum Gasteiger partial charge on any atom is -0.284 e. The highest BCUT2D eigenvalue weighted by molar-refractivity contribution is 7.89. The van der Waals surface area contributed by atoms with E-state index in [0.29, 0.717) is 0 Å². The van der Waals surface area contributed by atoms with Crippen molar-refractivity contribution in [3.8, 4) is 0 Å². The summed E-state index contributed by atoms with van der Waals surface area (Å²) in [6, 6.07) is 0. The van der Waals surface area contributed by atoms with Crippen LogP contribution in [0.5, 0.6) is 0 Å². The first-order valence-corrected chi connectivity index (χ1v) is 6.31. The number of halogens is 3.